The summed E-state index contributed by atoms with van der Waals surface area (Å²) in [5.41, 5.74) is 0. The molecule has 0 saturated carbocycles. The minimum atomic E-state index is -0.659. The average molecular weight is 344 g/mol. The molecule has 0 saturated heterocycles. The highest BCUT2D eigenvalue weighted by Gasteiger charge is 2.20. The van der Waals surface area contributed by atoms with Crippen LogP contribution < -0.4 is 0 Å². The van der Waals surface area contributed by atoms with Gasteiger partial charge in [0.25, 0.3) is 0 Å². The molecule has 0 aromatic carbocycles. The molecule has 0 bridgehead atoms. The minimum Gasteiger partial charge on any atom is -0.469 e. The second-order valence-electron chi connectivity index (χ2n) is 6.45. The van der Waals surface area contributed by atoms with E-state index in [-0.39, 0.29) is 18.8 Å². The number of ether oxygens (including phenoxy) is 2. The van der Waals surface area contributed by atoms with Crippen LogP contribution in [0.3, 0.4) is 0 Å². The van der Waals surface area contributed by atoms with Crippen LogP contribution in [0.2, 0.25) is 0 Å². The van der Waals surface area contributed by atoms with E-state index < -0.39 is 18.2 Å². The van der Waals surface area contributed by atoms with Gasteiger partial charge in [-0.15, -0.1) is 0 Å². The number of unbranched alkanes of at least 4 members (excludes halogenated alkanes) is 6. The van der Waals surface area contributed by atoms with E-state index >= 15 is 0 Å². The van der Waals surface area contributed by atoms with Gasteiger partial charge in [-0.2, -0.15) is 0 Å². The second kappa shape index (κ2) is 15.4. The van der Waals surface area contributed by atoms with Gasteiger partial charge in [-0.1, -0.05) is 58.8 Å². The molecule has 1 N–H and O–H groups in total. The van der Waals surface area contributed by atoms with E-state index in [0.29, 0.717) is 12.8 Å². The van der Waals surface area contributed by atoms with Crippen LogP contribution in [0, 0.1) is 0 Å². The number of carbonyl (C=O) groups is 2. The van der Waals surface area contributed by atoms with Crippen molar-refractivity contribution in [2.24, 2.45) is 0 Å². The number of hydrogen-bond acceptors (Lipinski definition) is 5. The van der Waals surface area contributed by atoms with Crippen molar-refractivity contribution in [1.82, 2.24) is 0 Å². The van der Waals surface area contributed by atoms with E-state index in [1.807, 2.05) is 0 Å². The smallest absolute Gasteiger partial charge is 0.309 e. The van der Waals surface area contributed by atoms with E-state index in [4.69, 9.17) is 4.74 Å². The van der Waals surface area contributed by atoms with Gasteiger partial charge >= 0.3 is 11.9 Å². The Morgan fingerprint density at radius 1 is 0.833 bits per heavy atom. The SMILES string of the molecule is CCCCCCC(O)CC(=O)OC(CCCCCC)CC(=O)OC. The zero-order valence-corrected chi connectivity index (χ0v) is 15.7. The Morgan fingerprint density at radius 2 is 1.42 bits per heavy atom. The maximum absolute atomic E-state index is 12.0. The normalized spacial score (nSPS) is 13.3. The average Bonchev–Trinajstić information content (AvgIpc) is 2.55. The van der Waals surface area contributed by atoms with Gasteiger partial charge in [0.1, 0.15) is 6.10 Å². The second-order valence-corrected chi connectivity index (χ2v) is 6.45. The number of methoxy groups -OCH3 is 1. The molecule has 0 aliphatic heterocycles. The van der Waals surface area contributed by atoms with Crippen molar-refractivity contribution in [1.29, 1.82) is 0 Å². The van der Waals surface area contributed by atoms with Crippen LogP contribution in [0.5, 0.6) is 0 Å². The maximum Gasteiger partial charge on any atom is 0.309 e. The van der Waals surface area contributed by atoms with Gasteiger partial charge in [-0.25, -0.2) is 0 Å². The lowest BCUT2D eigenvalue weighted by Crippen LogP contribution is -2.25. The molecule has 0 aromatic rings. The predicted molar refractivity (Wildman–Crippen MR) is 94.7 cm³/mol. The summed E-state index contributed by atoms with van der Waals surface area (Å²) < 4.78 is 10.1. The van der Waals surface area contributed by atoms with Crippen molar-refractivity contribution in [3.8, 4) is 0 Å². The molecular weight excluding hydrogens is 308 g/mol. The molecule has 0 aromatic heterocycles. The Labute approximate surface area is 147 Å². The van der Waals surface area contributed by atoms with Gasteiger partial charge in [0.15, 0.2) is 0 Å². The fraction of sp³-hybridized carbons (Fsp3) is 0.895. The number of aliphatic hydroxyl groups is 1. The van der Waals surface area contributed by atoms with Crippen LogP contribution in [0.1, 0.15) is 90.9 Å². The van der Waals surface area contributed by atoms with Crippen LogP contribution in [0.4, 0.5) is 0 Å². The quantitative estimate of drug-likeness (QED) is 0.357. The first kappa shape index (κ1) is 22.9. The van der Waals surface area contributed by atoms with E-state index in [0.717, 1.165) is 51.4 Å². The molecule has 24 heavy (non-hydrogen) atoms. The Balaban J connectivity index is 4.17. The lowest BCUT2D eigenvalue weighted by atomic mass is 10.1. The third-order valence-corrected chi connectivity index (χ3v) is 4.09. The molecule has 0 rings (SSSR count). The van der Waals surface area contributed by atoms with Crippen molar-refractivity contribution in [2.75, 3.05) is 7.11 Å². The molecule has 2 unspecified atom stereocenters. The third-order valence-electron chi connectivity index (χ3n) is 4.09. The number of aliphatic hydroxyl groups excluding tert-OH is 1. The summed E-state index contributed by atoms with van der Waals surface area (Å²) in [6.45, 7) is 4.27. The lowest BCUT2D eigenvalue weighted by Gasteiger charge is -2.18. The van der Waals surface area contributed by atoms with Crippen LogP contribution in [-0.2, 0) is 19.1 Å². The molecule has 0 fully saturated rings. The molecule has 0 radical (unpaired) electrons. The summed E-state index contributed by atoms with van der Waals surface area (Å²) in [5, 5.41) is 9.91. The number of hydrogen-bond donors (Lipinski definition) is 1. The molecule has 2 atom stereocenters. The summed E-state index contributed by atoms with van der Waals surface area (Å²) in [4.78, 5) is 23.4. The highest BCUT2D eigenvalue weighted by Crippen LogP contribution is 2.15. The van der Waals surface area contributed by atoms with Gasteiger partial charge in [-0.3, -0.25) is 9.59 Å². The van der Waals surface area contributed by atoms with Crippen molar-refractivity contribution < 1.29 is 24.2 Å². The van der Waals surface area contributed by atoms with Gasteiger partial charge in [0, 0.05) is 0 Å². The van der Waals surface area contributed by atoms with Gasteiger partial charge in [-0.05, 0) is 19.3 Å². The lowest BCUT2D eigenvalue weighted by molar-refractivity contribution is -0.156. The molecule has 0 aliphatic carbocycles. The van der Waals surface area contributed by atoms with Crippen LogP contribution >= 0.6 is 0 Å². The maximum atomic E-state index is 12.0. The predicted octanol–water partition coefficient (Wildman–Crippen LogP) is 4.15. The minimum absolute atomic E-state index is 0.00123. The summed E-state index contributed by atoms with van der Waals surface area (Å²) in [5.74, 6) is -0.800. The fourth-order valence-electron chi connectivity index (χ4n) is 2.61. The summed E-state index contributed by atoms with van der Waals surface area (Å²) in [7, 11) is 1.33. The molecule has 5 heteroatoms. The topological polar surface area (TPSA) is 72.8 Å². The van der Waals surface area contributed by atoms with E-state index in [1.165, 1.54) is 7.11 Å². The largest absolute Gasteiger partial charge is 0.469 e. The van der Waals surface area contributed by atoms with Gasteiger partial charge in [0.2, 0.25) is 0 Å². The van der Waals surface area contributed by atoms with E-state index in [9.17, 15) is 14.7 Å². The Kier molecular flexibility index (Phi) is 14.7. The van der Waals surface area contributed by atoms with Crippen LogP contribution in [0.15, 0.2) is 0 Å². The molecule has 0 amide bonds. The fourth-order valence-corrected chi connectivity index (χ4v) is 2.61. The molecular formula is C19H36O5. The van der Waals surface area contributed by atoms with Crippen LogP contribution in [0.25, 0.3) is 0 Å². The van der Waals surface area contributed by atoms with E-state index in [2.05, 4.69) is 18.6 Å². The standard InChI is InChI=1S/C19H36O5/c1-4-6-8-10-12-16(20)14-19(22)24-17(15-18(21)23-3)13-11-9-7-5-2/h16-17,20H,4-15H2,1-3H3. The zero-order chi connectivity index (χ0) is 18.2. The zero-order valence-electron chi connectivity index (χ0n) is 15.7. The molecule has 5 nitrogen and oxygen atoms in total. The first-order valence-electron chi connectivity index (χ1n) is 9.47. The highest BCUT2D eigenvalue weighted by molar-refractivity contribution is 5.72. The van der Waals surface area contributed by atoms with Gasteiger partial charge in [0.05, 0.1) is 26.1 Å². The third kappa shape index (κ3) is 13.3. The summed E-state index contributed by atoms with van der Waals surface area (Å²) in [6, 6.07) is 0. The van der Waals surface area contributed by atoms with Crippen LogP contribution in [-0.4, -0.2) is 36.4 Å². The Bertz CT molecular complexity index is 330. The highest BCUT2D eigenvalue weighted by atomic mass is 16.6. The number of esters is 2. The van der Waals surface area contributed by atoms with Crippen molar-refractivity contribution in [3.63, 3.8) is 0 Å². The monoisotopic (exact) mass is 344 g/mol. The number of carbonyl (C=O) groups excluding carboxylic acids is 2. The summed E-state index contributed by atoms with van der Waals surface area (Å²) >= 11 is 0. The first-order valence-corrected chi connectivity index (χ1v) is 9.47. The van der Waals surface area contributed by atoms with Crippen molar-refractivity contribution in [2.45, 2.75) is 103 Å². The van der Waals surface area contributed by atoms with Gasteiger partial charge < -0.3 is 14.6 Å². The molecule has 0 heterocycles. The summed E-state index contributed by atoms with van der Waals surface area (Å²) in [6.07, 6.45) is 8.79. The van der Waals surface area contributed by atoms with Crippen molar-refractivity contribution in [3.05, 3.63) is 0 Å². The molecule has 0 spiro atoms. The number of rotatable bonds is 15. The molecule has 142 valence electrons. The first-order chi connectivity index (χ1) is 11.5. The Hall–Kier alpha value is -1.10. The van der Waals surface area contributed by atoms with E-state index in [1.54, 1.807) is 0 Å². The van der Waals surface area contributed by atoms with Crippen molar-refractivity contribution >= 4 is 11.9 Å². The molecule has 0 aliphatic rings. The Morgan fingerprint density at radius 3 is 1.96 bits per heavy atom.